The van der Waals surface area contributed by atoms with Crippen LogP contribution in [0.25, 0.3) is 11.4 Å². The number of carbonyl (C=O) groups excluding carboxylic acids is 1. The van der Waals surface area contributed by atoms with Gasteiger partial charge in [0.15, 0.2) is 6.73 Å². The molecule has 0 bridgehead atoms. The lowest BCUT2D eigenvalue weighted by Crippen LogP contribution is -2.26. The van der Waals surface area contributed by atoms with E-state index >= 15 is 0 Å². The second-order valence-corrected chi connectivity index (χ2v) is 6.69. The van der Waals surface area contributed by atoms with Crippen molar-refractivity contribution in [2.45, 2.75) is 18.8 Å². The van der Waals surface area contributed by atoms with Gasteiger partial charge in [-0.05, 0) is 12.1 Å². The van der Waals surface area contributed by atoms with Gasteiger partial charge in [-0.3, -0.25) is 14.3 Å². The second-order valence-electron chi connectivity index (χ2n) is 4.65. The summed E-state index contributed by atoms with van der Waals surface area (Å²) in [4.78, 5) is 19.2. The van der Waals surface area contributed by atoms with E-state index in [0.717, 1.165) is 4.31 Å². The summed E-state index contributed by atoms with van der Waals surface area (Å²) in [5.74, 6) is -0.513. The van der Waals surface area contributed by atoms with E-state index in [1.807, 2.05) is 0 Å². The molecule has 0 radical (unpaired) electrons. The lowest BCUT2D eigenvalue weighted by atomic mass is 10.3. The fourth-order valence-electron chi connectivity index (χ4n) is 1.66. The molecule has 0 unspecified atom stereocenters. The van der Waals surface area contributed by atoms with E-state index in [4.69, 9.17) is 4.74 Å². The first-order valence-corrected chi connectivity index (χ1v) is 7.81. The van der Waals surface area contributed by atoms with Crippen LogP contribution in [0.4, 0.5) is 0 Å². The minimum Gasteiger partial charge on any atom is -0.444 e. The molecule has 0 atom stereocenters. The molecular formula is C13H16N4O4S. The molecular weight excluding hydrogens is 308 g/mol. The van der Waals surface area contributed by atoms with Crippen LogP contribution in [0, 0.1) is 0 Å². The van der Waals surface area contributed by atoms with Crippen molar-refractivity contribution in [2.75, 3.05) is 14.1 Å². The van der Waals surface area contributed by atoms with Gasteiger partial charge in [0.1, 0.15) is 5.69 Å². The normalized spacial score (nSPS) is 11.6. The van der Waals surface area contributed by atoms with Gasteiger partial charge in [-0.25, -0.2) is 17.7 Å². The van der Waals surface area contributed by atoms with Crippen molar-refractivity contribution in [1.82, 2.24) is 18.8 Å². The van der Waals surface area contributed by atoms with Crippen LogP contribution in [0.1, 0.15) is 6.92 Å². The molecule has 8 nitrogen and oxygen atoms in total. The topological polar surface area (TPSA) is 94.4 Å². The highest BCUT2D eigenvalue weighted by Crippen LogP contribution is 2.20. The van der Waals surface area contributed by atoms with Gasteiger partial charge < -0.3 is 4.74 Å². The third-order valence-electron chi connectivity index (χ3n) is 2.79. The molecule has 0 saturated carbocycles. The number of nitrogens with zero attached hydrogens (tertiary/aromatic N) is 4. The molecule has 0 saturated heterocycles. The summed E-state index contributed by atoms with van der Waals surface area (Å²) in [5.41, 5.74) is 0.910. The molecule has 0 N–H and O–H groups in total. The van der Waals surface area contributed by atoms with Crippen LogP contribution in [0.2, 0.25) is 0 Å². The van der Waals surface area contributed by atoms with Gasteiger partial charge >= 0.3 is 5.97 Å². The number of hydrogen-bond acceptors (Lipinski definition) is 6. The maximum atomic E-state index is 12.3. The Labute approximate surface area is 128 Å². The Hall–Kier alpha value is -2.26. The lowest BCUT2D eigenvalue weighted by molar-refractivity contribution is -0.145. The Balaban J connectivity index is 2.50. The highest BCUT2D eigenvalue weighted by molar-refractivity contribution is 7.88. The molecule has 0 aromatic carbocycles. The van der Waals surface area contributed by atoms with Gasteiger partial charge in [0.05, 0.1) is 5.69 Å². The van der Waals surface area contributed by atoms with E-state index in [9.17, 15) is 13.2 Å². The van der Waals surface area contributed by atoms with E-state index < -0.39 is 16.0 Å². The molecule has 0 aliphatic carbocycles. The Bertz CT molecular complexity index is 769. The largest absolute Gasteiger partial charge is 0.444 e. The molecule has 0 fully saturated rings. The van der Waals surface area contributed by atoms with Gasteiger partial charge in [-0.2, -0.15) is 0 Å². The van der Waals surface area contributed by atoms with E-state index in [0.29, 0.717) is 11.4 Å². The fraction of sp³-hybridized carbons (Fsp3) is 0.308. The lowest BCUT2D eigenvalue weighted by Gasteiger charge is -2.12. The molecule has 9 heteroatoms. The first kappa shape index (κ1) is 16.1. The zero-order valence-electron chi connectivity index (χ0n) is 12.4. The van der Waals surface area contributed by atoms with Crippen LogP contribution < -0.4 is 0 Å². The number of aromatic nitrogens is 3. The van der Waals surface area contributed by atoms with Crippen molar-refractivity contribution in [3.8, 4) is 11.4 Å². The average Bonchev–Trinajstić information content (AvgIpc) is 2.90. The van der Waals surface area contributed by atoms with Crippen molar-refractivity contribution in [2.24, 2.45) is 0 Å². The highest BCUT2D eigenvalue weighted by atomic mass is 32.2. The predicted molar refractivity (Wildman–Crippen MR) is 78.1 cm³/mol. The fourth-order valence-corrected chi connectivity index (χ4v) is 2.60. The summed E-state index contributed by atoms with van der Waals surface area (Å²) in [6.45, 7) is 1.01. The van der Waals surface area contributed by atoms with Crippen LogP contribution in [0.5, 0.6) is 0 Å². The third kappa shape index (κ3) is 3.31. The maximum absolute atomic E-state index is 12.3. The molecule has 0 spiro atoms. The molecule has 2 aromatic heterocycles. The number of sulfonamides is 1. The molecule has 0 aliphatic heterocycles. The Morgan fingerprint density at radius 2 is 2.05 bits per heavy atom. The number of esters is 1. The Morgan fingerprint density at radius 3 is 2.59 bits per heavy atom. The molecule has 22 heavy (non-hydrogen) atoms. The van der Waals surface area contributed by atoms with E-state index in [1.54, 1.807) is 24.4 Å². The van der Waals surface area contributed by atoms with E-state index in [2.05, 4.69) is 9.97 Å². The quantitative estimate of drug-likeness (QED) is 0.752. The van der Waals surface area contributed by atoms with Crippen molar-refractivity contribution in [3.05, 3.63) is 30.6 Å². The smallest absolute Gasteiger partial charge is 0.304 e. The minimum atomic E-state index is -3.78. The number of carbonyl (C=O) groups is 1. The Morgan fingerprint density at radius 1 is 1.32 bits per heavy atom. The molecule has 118 valence electrons. The van der Waals surface area contributed by atoms with Crippen LogP contribution in [-0.2, 0) is 26.3 Å². The van der Waals surface area contributed by atoms with Gasteiger partial charge in [-0.1, -0.05) is 6.07 Å². The number of rotatable bonds is 5. The van der Waals surface area contributed by atoms with Crippen LogP contribution in [-0.4, -0.2) is 47.3 Å². The van der Waals surface area contributed by atoms with Crippen molar-refractivity contribution in [3.63, 3.8) is 0 Å². The van der Waals surface area contributed by atoms with Crippen molar-refractivity contribution < 1.29 is 17.9 Å². The van der Waals surface area contributed by atoms with Crippen LogP contribution >= 0.6 is 0 Å². The first-order valence-electron chi connectivity index (χ1n) is 6.37. The summed E-state index contributed by atoms with van der Waals surface area (Å²) in [6.07, 6.45) is 3.07. The summed E-state index contributed by atoms with van der Waals surface area (Å²) in [5, 5.41) is -0.209. The summed E-state index contributed by atoms with van der Waals surface area (Å²) < 4.78 is 31.8. The summed E-state index contributed by atoms with van der Waals surface area (Å²) >= 11 is 0. The van der Waals surface area contributed by atoms with Crippen LogP contribution in [0.15, 0.2) is 35.7 Å². The number of imidazole rings is 1. The third-order valence-corrected chi connectivity index (χ3v) is 4.53. The van der Waals surface area contributed by atoms with Gasteiger partial charge in [0, 0.05) is 33.4 Å². The first-order chi connectivity index (χ1) is 10.3. The molecule has 2 heterocycles. The summed E-state index contributed by atoms with van der Waals surface area (Å²) in [6, 6.07) is 5.23. The Kier molecular flexibility index (Phi) is 4.57. The zero-order chi connectivity index (χ0) is 16.3. The van der Waals surface area contributed by atoms with E-state index in [-0.39, 0.29) is 11.9 Å². The highest BCUT2D eigenvalue weighted by Gasteiger charge is 2.26. The molecule has 2 aromatic rings. The second kappa shape index (κ2) is 6.24. The molecule has 0 aliphatic rings. The van der Waals surface area contributed by atoms with E-state index in [1.165, 1.54) is 31.8 Å². The average molecular weight is 324 g/mol. The summed E-state index contributed by atoms with van der Waals surface area (Å²) in [7, 11) is -0.970. The predicted octanol–water partition coefficient (Wildman–Crippen LogP) is 0.716. The molecule has 0 amide bonds. The zero-order valence-corrected chi connectivity index (χ0v) is 13.2. The number of ether oxygens (including phenoxy) is 1. The minimum absolute atomic E-state index is 0.209. The SMILES string of the molecule is CC(=O)OCn1cc(-c2ccccn2)nc1S(=O)(=O)N(C)C. The number of hydrogen-bond donors (Lipinski definition) is 0. The van der Waals surface area contributed by atoms with Crippen molar-refractivity contribution >= 4 is 16.0 Å². The molecule has 2 rings (SSSR count). The van der Waals surface area contributed by atoms with Crippen LogP contribution in [0.3, 0.4) is 0 Å². The van der Waals surface area contributed by atoms with Gasteiger partial charge in [-0.15, -0.1) is 0 Å². The monoisotopic (exact) mass is 324 g/mol. The van der Waals surface area contributed by atoms with Gasteiger partial charge in [0.25, 0.3) is 10.0 Å². The van der Waals surface area contributed by atoms with Crippen molar-refractivity contribution in [1.29, 1.82) is 0 Å². The maximum Gasteiger partial charge on any atom is 0.304 e. The standard InChI is InChI=1S/C13H16N4O4S/c1-10(18)21-9-17-8-12(11-6-4-5-7-14-11)15-13(17)22(19,20)16(2)3/h4-8H,9H2,1-3H3. The van der Waals surface area contributed by atoms with Gasteiger partial charge in [0.2, 0.25) is 5.16 Å². The number of pyridine rings is 1.